The molecule has 1 aromatic rings. The Bertz CT molecular complexity index is 593. The third-order valence-electron chi connectivity index (χ3n) is 4.31. The zero-order chi connectivity index (χ0) is 17.0. The Balaban J connectivity index is 2.18. The van der Waals surface area contributed by atoms with Gasteiger partial charge in [0.25, 0.3) is 0 Å². The summed E-state index contributed by atoms with van der Waals surface area (Å²) in [6.07, 6.45) is 1.21. The smallest absolute Gasteiger partial charge is 0.208 e. The first kappa shape index (κ1) is 18.2. The van der Waals surface area contributed by atoms with E-state index in [1.807, 2.05) is 14.1 Å². The molecule has 0 aromatic heterocycles. The summed E-state index contributed by atoms with van der Waals surface area (Å²) in [5.41, 5.74) is 2.29. The summed E-state index contributed by atoms with van der Waals surface area (Å²) in [5, 5.41) is 0. The topological polar surface area (TPSA) is 55.9 Å². The fourth-order valence-corrected chi connectivity index (χ4v) is 3.28. The second-order valence-electron chi connectivity index (χ2n) is 6.46. The van der Waals surface area contributed by atoms with Crippen LogP contribution in [0.2, 0.25) is 0 Å². The van der Waals surface area contributed by atoms with E-state index in [1.54, 1.807) is 0 Å². The molecule has 1 heterocycles. The summed E-state index contributed by atoms with van der Waals surface area (Å²) < 4.78 is 25.7. The number of hydrogen-bond donors (Lipinski definition) is 1. The van der Waals surface area contributed by atoms with Crippen LogP contribution in [0.15, 0.2) is 24.3 Å². The molecule has 7 heteroatoms. The highest BCUT2D eigenvalue weighted by Crippen LogP contribution is 2.24. The van der Waals surface area contributed by atoms with Gasteiger partial charge in [0.05, 0.1) is 6.26 Å². The number of nitrogens with zero attached hydrogens (tertiary/aromatic N) is 3. The van der Waals surface area contributed by atoms with Gasteiger partial charge in [-0.3, -0.25) is 4.90 Å². The molecule has 1 fully saturated rings. The molecule has 130 valence electrons. The highest BCUT2D eigenvalue weighted by Gasteiger charge is 2.24. The molecule has 0 aliphatic carbocycles. The van der Waals surface area contributed by atoms with E-state index in [-0.39, 0.29) is 6.04 Å². The molecule has 1 saturated heterocycles. The van der Waals surface area contributed by atoms with Crippen LogP contribution in [-0.4, -0.2) is 78.3 Å². The number of sulfonamides is 1. The van der Waals surface area contributed by atoms with Gasteiger partial charge in [0, 0.05) is 58.5 Å². The Kier molecular flexibility index (Phi) is 6.02. The number of hydrogen-bond acceptors (Lipinski definition) is 5. The van der Waals surface area contributed by atoms with Crippen LogP contribution in [0.5, 0.6) is 0 Å². The standard InChI is InChI=1S/C16H28N4O2S/c1-18(2)15-7-5-14(6-8-15)16(13-17-23(4,21)22)20-11-9-19(3)10-12-20/h5-8,16-17H,9-13H2,1-4H3. The van der Waals surface area contributed by atoms with Crippen molar-refractivity contribution >= 4 is 15.7 Å². The summed E-state index contributed by atoms with van der Waals surface area (Å²) in [5.74, 6) is 0. The van der Waals surface area contributed by atoms with Gasteiger partial charge >= 0.3 is 0 Å². The molecule has 23 heavy (non-hydrogen) atoms. The first-order valence-electron chi connectivity index (χ1n) is 7.91. The minimum Gasteiger partial charge on any atom is -0.378 e. The van der Waals surface area contributed by atoms with Crippen LogP contribution in [0.1, 0.15) is 11.6 Å². The van der Waals surface area contributed by atoms with E-state index in [4.69, 9.17) is 0 Å². The van der Waals surface area contributed by atoms with E-state index < -0.39 is 10.0 Å². The summed E-state index contributed by atoms with van der Waals surface area (Å²) in [7, 11) is 2.95. The van der Waals surface area contributed by atoms with Gasteiger partial charge in [0.2, 0.25) is 10.0 Å². The SMILES string of the molecule is CN1CCN(C(CNS(C)(=O)=O)c2ccc(N(C)C)cc2)CC1. The predicted octanol–water partition coefficient (Wildman–Crippen LogP) is 0.590. The number of piperazine rings is 1. The Hall–Kier alpha value is -1.15. The van der Waals surface area contributed by atoms with E-state index >= 15 is 0 Å². The van der Waals surface area contributed by atoms with E-state index in [9.17, 15) is 8.42 Å². The van der Waals surface area contributed by atoms with Gasteiger partial charge in [-0.25, -0.2) is 13.1 Å². The van der Waals surface area contributed by atoms with Crippen molar-refractivity contribution in [2.24, 2.45) is 0 Å². The molecule has 0 bridgehead atoms. The Morgan fingerprint density at radius 3 is 2.17 bits per heavy atom. The first-order chi connectivity index (χ1) is 10.8. The van der Waals surface area contributed by atoms with Gasteiger partial charge in [-0.05, 0) is 24.7 Å². The monoisotopic (exact) mass is 340 g/mol. The van der Waals surface area contributed by atoms with Crippen molar-refractivity contribution in [3.05, 3.63) is 29.8 Å². The van der Waals surface area contributed by atoms with E-state index in [2.05, 4.69) is 50.7 Å². The van der Waals surface area contributed by atoms with Gasteiger partial charge in [0.1, 0.15) is 0 Å². The van der Waals surface area contributed by atoms with Crippen LogP contribution in [0, 0.1) is 0 Å². The Morgan fingerprint density at radius 2 is 1.70 bits per heavy atom. The molecule has 0 radical (unpaired) electrons. The summed E-state index contributed by atoms with van der Waals surface area (Å²) in [6.45, 7) is 4.31. The maximum Gasteiger partial charge on any atom is 0.208 e. The van der Waals surface area contributed by atoms with Gasteiger partial charge in [-0.1, -0.05) is 12.1 Å². The van der Waals surface area contributed by atoms with Crippen LogP contribution >= 0.6 is 0 Å². The van der Waals surface area contributed by atoms with Gasteiger partial charge in [-0.2, -0.15) is 0 Å². The minimum atomic E-state index is -3.19. The summed E-state index contributed by atoms with van der Waals surface area (Å²) >= 11 is 0. The number of anilines is 1. The largest absolute Gasteiger partial charge is 0.378 e. The van der Waals surface area contributed by atoms with Crippen LogP contribution in [0.25, 0.3) is 0 Å². The second-order valence-corrected chi connectivity index (χ2v) is 8.29. The lowest BCUT2D eigenvalue weighted by Crippen LogP contribution is -2.48. The molecular formula is C16H28N4O2S. The third-order valence-corrected chi connectivity index (χ3v) is 5.00. The third kappa shape index (κ3) is 5.46. The molecule has 1 atom stereocenters. The maximum atomic E-state index is 11.5. The average molecular weight is 340 g/mol. The van der Waals surface area contributed by atoms with E-state index in [0.29, 0.717) is 6.54 Å². The lowest BCUT2D eigenvalue weighted by atomic mass is 10.0. The Morgan fingerprint density at radius 1 is 1.13 bits per heavy atom. The molecule has 1 aliphatic rings. The van der Waals surface area contributed by atoms with Crippen LogP contribution < -0.4 is 9.62 Å². The molecule has 1 unspecified atom stereocenters. The predicted molar refractivity (Wildman–Crippen MR) is 95.4 cm³/mol. The molecule has 0 spiro atoms. The normalized spacial score (nSPS) is 18.8. The molecular weight excluding hydrogens is 312 g/mol. The van der Waals surface area contributed by atoms with Crippen molar-refractivity contribution in [3.8, 4) is 0 Å². The van der Waals surface area contributed by atoms with Crippen molar-refractivity contribution in [2.75, 3.05) is 65.0 Å². The maximum absolute atomic E-state index is 11.5. The van der Waals surface area contributed by atoms with Crippen LogP contribution in [0.4, 0.5) is 5.69 Å². The van der Waals surface area contributed by atoms with Crippen molar-refractivity contribution in [2.45, 2.75) is 6.04 Å². The van der Waals surface area contributed by atoms with Crippen molar-refractivity contribution in [1.82, 2.24) is 14.5 Å². The molecule has 1 N–H and O–H groups in total. The number of likely N-dealkylation sites (N-methyl/N-ethyl adjacent to an activating group) is 1. The van der Waals surface area contributed by atoms with Gasteiger partial charge in [0.15, 0.2) is 0 Å². The van der Waals surface area contributed by atoms with Gasteiger partial charge < -0.3 is 9.80 Å². The average Bonchev–Trinajstić information content (AvgIpc) is 2.48. The highest BCUT2D eigenvalue weighted by atomic mass is 32.2. The second kappa shape index (κ2) is 7.61. The fraction of sp³-hybridized carbons (Fsp3) is 0.625. The molecule has 1 aliphatic heterocycles. The van der Waals surface area contributed by atoms with Crippen molar-refractivity contribution in [1.29, 1.82) is 0 Å². The molecule has 2 rings (SSSR count). The van der Waals surface area contributed by atoms with Gasteiger partial charge in [-0.15, -0.1) is 0 Å². The zero-order valence-corrected chi connectivity index (χ0v) is 15.3. The number of benzene rings is 1. The number of nitrogens with one attached hydrogen (secondary N) is 1. The summed E-state index contributed by atoms with van der Waals surface area (Å²) in [6, 6.07) is 8.43. The number of rotatable bonds is 6. The molecule has 0 amide bonds. The van der Waals surface area contributed by atoms with Crippen molar-refractivity contribution in [3.63, 3.8) is 0 Å². The fourth-order valence-electron chi connectivity index (χ4n) is 2.82. The summed E-state index contributed by atoms with van der Waals surface area (Å²) in [4.78, 5) is 6.72. The van der Waals surface area contributed by atoms with E-state index in [1.165, 1.54) is 6.26 Å². The molecule has 1 aromatic carbocycles. The highest BCUT2D eigenvalue weighted by molar-refractivity contribution is 7.88. The Labute approximate surface area is 140 Å². The lowest BCUT2D eigenvalue weighted by molar-refractivity contribution is 0.113. The molecule has 0 saturated carbocycles. The first-order valence-corrected chi connectivity index (χ1v) is 9.80. The van der Waals surface area contributed by atoms with E-state index in [0.717, 1.165) is 37.4 Å². The minimum absolute atomic E-state index is 0.0645. The lowest BCUT2D eigenvalue weighted by Gasteiger charge is -2.38. The van der Waals surface area contributed by atoms with Crippen LogP contribution in [-0.2, 0) is 10.0 Å². The molecule has 6 nitrogen and oxygen atoms in total. The quantitative estimate of drug-likeness (QED) is 0.821. The van der Waals surface area contributed by atoms with Crippen LogP contribution in [0.3, 0.4) is 0 Å². The zero-order valence-electron chi connectivity index (χ0n) is 14.5. The van der Waals surface area contributed by atoms with Crippen molar-refractivity contribution < 1.29 is 8.42 Å².